The minimum atomic E-state index is 0.0478. The Morgan fingerprint density at radius 2 is 2.14 bits per heavy atom. The van der Waals surface area contributed by atoms with E-state index in [1.807, 2.05) is 7.05 Å². The van der Waals surface area contributed by atoms with Crippen LogP contribution in [0.5, 0.6) is 0 Å². The molecule has 0 spiro atoms. The van der Waals surface area contributed by atoms with Crippen molar-refractivity contribution in [1.29, 1.82) is 0 Å². The molecule has 2 aliphatic rings. The summed E-state index contributed by atoms with van der Waals surface area (Å²) in [5.41, 5.74) is 7.07. The summed E-state index contributed by atoms with van der Waals surface area (Å²) in [6, 6.07) is 2.66. The summed E-state index contributed by atoms with van der Waals surface area (Å²) in [7, 11) is 2.01. The van der Waals surface area contributed by atoms with Gasteiger partial charge in [0.2, 0.25) is 5.95 Å². The summed E-state index contributed by atoms with van der Waals surface area (Å²) in [5.74, 6) is 1.34. The molecule has 1 atom stereocenters. The maximum Gasteiger partial charge on any atom is 0.222 e. The van der Waals surface area contributed by atoms with Gasteiger partial charge >= 0.3 is 0 Å². The first-order chi connectivity index (χ1) is 10.1. The third-order valence-corrected chi connectivity index (χ3v) is 4.87. The van der Waals surface area contributed by atoms with Gasteiger partial charge in [0.15, 0.2) is 0 Å². The predicted octanol–water partition coefficient (Wildman–Crippen LogP) is 0.925. The lowest BCUT2D eigenvalue weighted by Crippen LogP contribution is -2.33. The number of ether oxygens (including phenoxy) is 1. The molecule has 0 bridgehead atoms. The molecule has 2 saturated heterocycles. The molecule has 0 radical (unpaired) electrons. The van der Waals surface area contributed by atoms with Gasteiger partial charge in [-0.15, -0.1) is 0 Å². The molecule has 3 N–H and O–H groups in total. The van der Waals surface area contributed by atoms with Crippen LogP contribution in [0.3, 0.4) is 0 Å². The quantitative estimate of drug-likeness (QED) is 0.862. The Balaban J connectivity index is 1.86. The number of aromatic nitrogens is 2. The lowest BCUT2D eigenvalue weighted by Gasteiger charge is -2.33. The number of likely N-dealkylation sites (N-methyl/N-ethyl adjacent to an activating group) is 1. The molecule has 2 aliphatic heterocycles. The molecular weight excluding hydrogens is 266 g/mol. The number of hydrogen-bond acceptors (Lipinski definition) is 6. The van der Waals surface area contributed by atoms with Gasteiger partial charge < -0.3 is 20.7 Å². The van der Waals surface area contributed by atoms with Crippen LogP contribution in [-0.2, 0) is 10.2 Å². The van der Waals surface area contributed by atoms with Crippen LogP contribution < -0.4 is 16.0 Å². The first-order valence-electron chi connectivity index (χ1n) is 7.76. The van der Waals surface area contributed by atoms with Gasteiger partial charge in [0.05, 0.1) is 5.69 Å². The molecule has 6 nitrogen and oxygen atoms in total. The molecule has 6 heteroatoms. The fourth-order valence-corrected chi connectivity index (χ4v) is 3.21. The van der Waals surface area contributed by atoms with E-state index in [4.69, 9.17) is 10.5 Å². The summed E-state index contributed by atoms with van der Waals surface area (Å²) in [5, 5.41) is 3.33. The summed E-state index contributed by atoms with van der Waals surface area (Å²) in [6.07, 6.45) is 3.12. The van der Waals surface area contributed by atoms with Crippen molar-refractivity contribution >= 4 is 11.8 Å². The largest absolute Gasteiger partial charge is 0.381 e. The highest BCUT2D eigenvalue weighted by molar-refractivity contribution is 5.46. The Kier molecular flexibility index (Phi) is 3.99. The first kappa shape index (κ1) is 14.5. The van der Waals surface area contributed by atoms with Crippen molar-refractivity contribution in [3.8, 4) is 0 Å². The summed E-state index contributed by atoms with van der Waals surface area (Å²) in [6.45, 7) is 5.83. The summed E-state index contributed by atoms with van der Waals surface area (Å²) >= 11 is 0. The van der Waals surface area contributed by atoms with E-state index in [2.05, 4.69) is 33.2 Å². The van der Waals surface area contributed by atoms with E-state index in [-0.39, 0.29) is 5.41 Å². The SMILES string of the molecule is CN[C@@H]1CCN(c2cc(C3(C)CCOCC3)nc(N)n2)C1. The Morgan fingerprint density at radius 3 is 2.81 bits per heavy atom. The Labute approximate surface area is 126 Å². The molecule has 3 heterocycles. The van der Waals surface area contributed by atoms with E-state index < -0.39 is 0 Å². The van der Waals surface area contributed by atoms with Crippen LogP contribution in [0.15, 0.2) is 6.07 Å². The van der Waals surface area contributed by atoms with Gasteiger partial charge in [-0.25, -0.2) is 4.98 Å². The van der Waals surface area contributed by atoms with Gasteiger partial charge in [-0.1, -0.05) is 6.92 Å². The van der Waals surface area contributed by atoms with Crippen molar-refractivity contribution in [3.05, 3.63) is 11.8 Å². The molecule has 1 aromatic heterocycles. The van der Waals surface area contributed by atoms with E-state index in [0.29, 0.717) is 12.0 Å². The smallest absolute Gasteiger partial charge is 0.222 e. The predicted molar refractivity (Wildman–Crippen MR) is 83.5 cm³/mol. The maximum atomic E-state index is 5.96. The van der Waals surface area contributed by atoms with Crippen LogP contribution in [0.4, 0.5) is 11.8 Å². The van der Waals surface area contributed by atoms with Gasteiger partial charge in [0.1, 0.15) is 5.82 Å². The van der Waals surface area contributed by atoms with E-state index in [9.17, 15) is 0 Å². The second-order valence-electron chi connectivity index (χ2n) is 6.36. The van der Waals surface area contributed by atoms with Crippen molar-refractivity contribution in [3.63, 3.8) is 0 Å². The van der Waals surface area contributed by atoms with Crippen molar-refractivity contribution in [2.24, 2.45) is 0 Å². The fourth-order valence-electron chi connectivity index (χ4n) is 3.21. The average molecular weight is 291 g/mol. The molecule has 0 amide bonds. The second-order valence-corrected chi connectivity index (χ2v) is 6.36. The lowest BCUT2D eigenvalue weighted by atomic mass is 9.79. The molecular formula is C15H25N5O. The van der Waals surface area contributed by atoms with Crippen molar-refractivity contribution in [2.75, 3.05) is 44.0 Å². The number of hydrogen-bond donors (Lipinski definition) is 2. The number of anilines is 2. The topological polar surface area (TPSA) is 76.3 Å². The van der Waals surface area contributed by atoms with Crippen LogP contribution in [-0.4, -0.2) is 49.4 Å². The number of nitrogen functional groups attached to an aromatic ring is 1. The molecule has 0 aliphatic carbocycles. The molecule has 3 rings (SSSR count). The monoisotopic (exact) mass is 291 g/mol. The molecule has 0 unspecified atom stereocenters. The zero-order valence-corrected chi connectivity index (χ0v) is 12.9. The molecule has 0 aromatic carbocycles. The van der Waals surface area contributed by atoms with Crippen LogP contribution in [0.1, 0.15) is 31.9 Å². The normalized spacial score (nSPS) is 25.2. The van der Waals surface area contributed by atoms with E-state index >= 15 is 0 Å². The Hall–Kier alpha value is -1.40. The summed E-state index contributed by atoms with van der Waals surface area (Å²) in [4.78, 5) is 11.2. The second kappa shape index (κ2) is 5.77. The highest BCUT2D eigenvalue weighted by atomic mass is 16.5. The van der Waals surface area contributed by atoms with Crippen molar-refractivity contribution in [1.82, 2.24) is 15.3 Å². The highest BCUT2D eigenvalue weighted by Crippen LogP contribution is 2.35. The molecule has 21 heavy (non-hydrogen) atoms. The summed E-state index contributed by atoms with van der Waals surface area (Å²) < 4.78 is 5.48. The van der Waals surface area contributed by atoms with Crippen LogP contribution in [0.25, 0.3) is 0 Å². The van der Waals surface area contributed by atoms with Gasteiger partial charge in [-0.3, -0.25) is 0 Å². The van der Waals surface area contributed by atoms with Gasteiger partial charge in [-0.05, 0) is 26.3 Å². The average Bonchev–Trinajstić information content (AvgIpc) is 2.96. The third kappa shape index (κ3) is 2.96. The van der Waals surface area contributed by atoms with E-state index in [0.717, 1.165) is 57.1 Å². The number of nitrogens with zero attached hydrogens (tertiary/aromatic N) is 3. The zero-order valence-electron chi connectivity index (χ0n) is 12.9. The van der Waals surface area contributed by atoms with Crippen molar-refractivity contribution < 1.29 is 4.74 Å². The van der Waals surface area contributed by atoms with Crippen LogP contribution >= 0.6 is 0 Å². The highest BCUT2D eigenvalue weighted by Gasteiger charge is 2.32. The van der Waals surface area contributed by atoms with Crippen LogP contribution in [0.2, 0.25) is 0 Å². The molecule has 1 aromatic rings. The van der Waals surface area contributed by atoms with Crippen molar-refractivity contribution in [2.45, 2.75) is 37.6 Å². The number of nitrogens with two attached hydrogens (primary N) is 1. The minimum Gasteiger partial charge on any atom is -0.381 e. The zero-order chi connectivity index (χ0) is 14.9. The maximum absolute atomic E-state index is 5.96. The first-order valence-corrected chi connectivity index (χ1v) is 7.76. The number of nitrogens with one attached hydrogen (secondary N) is 1. The van der Waals surface area contributed by atoms with Gasteiger partial charge in [-0.2, -0.15) is 4.98 Å². The Bertz CT molecular complexity index is 501. The van der Waals surface area contributed by atoms with E-state index in [1.54, 1.807) is 0 Å². The molecule has 116 valence electrons. The van der Waals surface area contributed by atoms with E-state index in [1.165, 1.54) is 0 Å². The van der Waals surface area contributed by atoms with Crippen LogP contribution in [0, 0.1) is 0 Å². The molecule has 2 fully saturated rings. The standard InChI is InChI=1S/C15H25N5O/c1-15(4-7-21-8-5-15)12-9-13(19-14(16)18-12)20-6-3-11(10-20)17-2/h9,11,17H,3-8,10H2,1-2H3,(H2,16,18,19)/t11-/m1/s1. The lowest BCUT2D eigenvalue weighted by molar-refractivity contribution is 0.0551. The molecule has 0 saturated carbocycles. The third-order valence-electron chi connectivity index (χ3n) is 4.87. The number of rotatable bonds is 3. The minimum absolute atomic E-state index is 0.0478. The van der Waals surface area contributed by atoms with Gasteiger partial charge in [0, 0.05) is 43.8 Å². The fraction of sp³-hybridized carbons (Fsp3) is 0.733. The van der Waals surface area contributed by atoms with Gasteiger partial charge in [0.25, 0.3) is 0 Å². The Morgan fingerprint density at radius 1 is 1.38 bits per heavy atom.